The lowest BCUT2D eigenvalue weighted by molar-refractivity contribution is 0.0716. The largest absolute Gasteiger partial charge is 0.489 e. The number of halogens is 1. The van der Waals surface area contributed by atoms with Crippen molar-refractivity contribution in [2.45, 2.75) is 25.5 Å². The van der Waals surface area contributed by atoms with Gasteiger partial charge in [0.25, 0.3) is 0 Å². The molecule has 2 aromatic rings. The van der Waals surface area contributed by atoms with Crippen LogP contribution in [-0.4, -0.2) is 48.6 Å². The van der Waals surface area contributed by atoms with Gasteiger partial charge in [-0.15, -0.1) is 0 Å². The summed E-state index contributed by atoms with van der Waals surface area (Å²) >= 11 is 0. The summed E-state index contributed by atoms with van der Waals surface area (Å²) in [6, 6.07) is 15.8. The molecule has 25 heavy (non-hydrogen) atoms. The van der Waals surface area contributed by atoms with Gasteiger partial charge < -0.3 is 4.74 Å². The van der Waals surface area contributed by atoms with Crippen LogP contribution in [-0.2, 0) is 13.0 Å². The Bertz CT molecular complexity index is 698. The Morgan fingerprint density at radius 1 is 0.920 bits per heavy atom. The SMILES string of the molecule is Fc1cccc2c1CCC(CN1CCN(Cc3ccccc3)CC1)O2. The monoisotopic (exact) mass is 340 g/mol. The Balaban J connectivity index is 1.27. The van der Waals surface area contributed by atoms with Gasteiger partial charge in [0, 0.05) is 44.8 Å². The Hall–Kier alpha value is -1.91. The molecule has 4 heteroatoms. The van der Waals surface area contributed by atoms with Gasteiger partial charge in [0.15, 0.2) is 0 Å². The second kappa shape index (κ2) is 7.54. The molecule has 132 valence electrons. The molecule has 0 saturated carbocycles. The molecule has 0 N–H and O–H groups in total. The lowest BCUT2D eigenvalue weighted by Gasteiger charge is -2.37. The highest BCUT2D eigenvalue weighted by Gasteiger charge is 2.25. The minimum atomic E-state index is -0.134. The first-order chi connectivity index (χ1) is 12.3. The normalized spacial score (nSPS) is 21.6. The summed E-state index contributed by atoms with van der Waals surface area (Å²) in [6.45, 7) is 6.29. The van der Waals surface area contributed by atoms with Crippen molar-refractivity contribution in [3.8, 4) is 5.75 Å². The fourth-order valence-electron chi connectivity index (χ4n) is 3.82. The van der Waals surface area contributed by atoms with E-state index < -0.39 is 0 Å². The zero-order valence-corrected chi connectivity index (χ0v) is 14.5. The first-order valence-electron chi connectivity index (χ1n) is 9.20. The molecule has 3 nitrogen and oxygen atoms in total. The number of rotatable bonds is 4. The molecule has 2 heterocycles. The van der Waals surface area contributed by atoms with Crippen molar-refractivity contribution in [2.75, 3.05) is 32.7 Å². The van der Waals surface area contributed by atoms with E-state index in [0.717, 1.165) is 63.4 Å². The van der Waals surface area contributed by atoms with Gasteiger partial charge in [-0.2, -0.15) is 0 Å². The molecular weight excluding hydrogens is 315 g/mol. The first-order valence-corrected chi connectivity index (χ1v) is 9.20. The second-order valence-corrected chi connectivity index (χ2v) is 7.06. The minimum absolute atomic E-state index is 0.134. The lowest BCUT2D eigenvalue weighted by Crippen LogP contribution is -2.49. The first kappa shape index (κ1) is 16.6. The van der Waals surface area contributed by atoms with Crippen LogP contribution < -0.4 is 4.74 Å². The summed E-state index contributed by atoms with van der Waals surface area (Å²) in [5.74, 6) is 0.601. The fraction of sp³-hybridized carbons (Fsp3) is 0.429. The van der Waals surface area contributed by atoms with Crippen molar-refractivity contribution in [3.63, 3.8) is 0 Å². The van der Waals surface area contributed by atoms with Gasteiger partial charge in [-0.1, -0.05) is 36.4 Å². The third kappa shape index (κ3) is 4.02. The maximum absolute atomic E-state index is 13.8. The molecular formula is C21H25FN2O. The maximum Gasteiger partial charge on any atom is 0.130 e. The maximum atomic E-state index is 13.8. The molecule has 1 atom stereocenters. The molecule has 0 bridgehead atoms. The molecule has 2 aliphatic rings. The highest BCUT2D eigenvalue weighted by Crippen LogP contribution is 2.29. The summed E-state index contributed by atoms with van der Waals surface area (Å²) in [5, 5.41) is 0. The molecule has 0 aliphatic carbocycles. The summed E-state index contributed by atoms with van der Waals surface area (Å²) < 4.78 is 19.8. The highest BCUT2D eigenvalue weighted by molar-refractivity contribution is 5.36. The zero-order chi connectivity index (χ0) is 17.1. The summed E-state index contributed by atoms with van der Waals surface area (Å²) in [5.41, 5.74) is 2.12. The van der Waals surface area contributed by atoms with E-state index in [-0.39, 0.29) is 11.9 Å². The number of piperazine rings is 1. The molecule has 0 spiro atoms. The van der Waals surface area contributed by atoms with Gasteiger partial charge in [-0.05, 0) is 30.5 Å². The van der Waals surface area contributed by atoms with E-state index in [1.54, 1.807) is 6.07 Å². The van der Waals surface area contributed by atoms with Gasteiger partial charge in [-0.3, -0.25) is 9.80 Å². The van der Waals surface area contributed by atoms with Gasteiger partial charge >= 0.3 is 0 Å². The van der Waals surface area contributed by atoms with E-state index in [1.165, 1.54) is 11.6 Å². The Kier molecular flexibility index (Phi) is 4.99. The molecule has 0 aromatic heterocycles. The van der Waals surface area contributed by atoms with Crippen molar-refractivity contribution in [1.29, 1.82) is 0 Å². The Morgan fingerprint density at radius 2 is 1.68 bits per heavy atom. The van der Waals surface area contributed by atoms with Crippen LogP contribution in [0.2, 0.25) is 0 Å². The van der Waals surface area contributed by atoms with Crippen LogP contribution in [0.5, 0.6) is 5.75 Å². The van der Waals surface area contributed by atoms with Crippen molar-refractivity contribution < 1.29 is 9.13 Å². The van der Waals surface area contributed by atoms with E-state index in [4.69, 9.17) is 4.74 Å². The molecule has 2 aliphatic heterocycles. The smallest absolute Gasteiger partial charge is 0.130 e. The zero-order valence-electron chi connectivity index (χ0n) is 14.5. The van der Waals surface area contributed by atoms with Crippen molar-refractivity contribution >= 4 is 0 Å². The van der Waals surface area contributed by atoms with Crippen LogP contribution in [0.1, 0.15) is 17.5 Å². The highest BCUT2D eigenvalue weighted by atomic mass is 19.1. The van der Waals surface area contributed by atoms with Crippen LogP contribution in [0.15, 0.2) is 48.5 Å². The molecule has 1 unspecified atom stereocenters. The standard InChI is InChI=1S/C21H25FN2O/c22-20-7-4-8-21-19(20)10-9-18(25-21)16-24-13-11-23(12-14-24)15-17-5-2-1-3-6-17/h1-8,18H,9-16H2. The van der Waals surface area contributed by atoms with Gasteiger partial charge in [-0.25, -0.2) is 4.39 Å². The third-order valence-electron chi connectivity index (χ3n) is 5.26. The predicted molar refractivity (Wildman–Crippen MR) is 97.3 cm³/mol. The van der Waals surface area contributed by atoms with Crippen LogP contribution >= 0.6 is 0 Å². The summed E-state index contributed by atoms with van der Waals surface area (Å²) in [4.78, 5) is 4.99. The Morgan fingerprint density at radius 3 is 2.48 bits per heavy atom. The van der Waals surface area contributed by atoms with E-state index in [0.29, 0.717) is 0 Å². The van der Waals surface area contributed by atoms with E-state index in [9.17, 15) is 4.39 Å². The van der Waals surface area contributed by atoms with E-state index in [2.05, 4.69) is 40.1 Å². The number of hydrogen-bond acceptors (Lipinski definition) is 3. The average Bonchev–Trinajstić information content (AvgIpc) is 2.64. The van der Waals surface area contributed by atoms with Crippen LogP contribution in [0.3, 0.4) is 0 Å². The third-order valence-corrected chi connectivity index (χ3v) is 5.26. The van der Waals surface area contributed by atoms with E-state index in [1.807, 2.05) is 6.07 Å². The topological polar surface area (TPSA) is 15.7 Å². The van der Waals surface area contributed by atoms with Crippen LogP contribution in [0.4, 0.5) is 4.39 Å². The van der Waals surface area contributed by atoms with Gasteiger partial charge in [0.1, 0.15) is 17.7 Å². The number of fused-ring (bicyclic) bond motifs is 1. The number of hydrogen-bond donors (Lipinski definition) is 0. The van der Waals surface area contributed by atoms with Crippen molar-refractivity contribution in [3.05, 3.63) is 65.5 Å². The van der Waals surface area contributed by atoms with Crippen molar-refractivity contribution in [2.24, 2.45) is 0 Å². The van der Waals surface area contributed by atoms with Crippen LogP contribution in [0.25, 0.3) is 0 Å². The average molecular weight is 340 g/mol. The Labute approximate surface area is 149 Å². The van der Waals surface area contributed by atoms with Crippen molar-refractivity contribution in [1.82, 2.24) is 9.80 Å². The molecule has 1 fully saturated rings. The van der Waals surface area contributed by atoms with Gasteiger partial charge in [0.2, 0.25) is 0 Å². The lowest BCUT2D eigenvalue weighted by atomic mass is 10.0. The van der Waals surface area contributed by atoms with E-state index >= 15 is 0 Å². The molecule has 0 amide bonds. The molecule has 4 rings (SSSR count). The number of nitrogens with zero attached hydrogens (tertiary/aromatic N) is 2. The molecule has 2 aromatic carbocycles. The molecule has 1 saturated heterocycles. The number of benzene rings is 2. The molecule has 0 radical (unpaired) electrons. The minimum Gasteiger partial charge on any atom is -0.489 e. The summed E-state index contributed by atoms with van der Waals surface area (Å²) in [6.07, 6.45) is 1.86. The predicted octanol–water partition coefficient (Wildman–Crippen LogP) is 3.34. The second-order valence-electron chi connectivity index (χ2n) is 7.06. The quantitative estimate of drug-likeness (QED) is 0.849. The summed E-state index contributed by atoms with van der Waals surface area (Å²) in [7, 11) is 0. The van der Waals surface area contributed by atoms with Crippen LogP contribution in [0, 0.1) is 5.82 Å². The van der Waals surface area contributed by atoms with Gasteiger partial charge in [0.05, 0.1) is 0 Å². The fourth-order valence-corrected chi connectivity index (χ4v) is 3.82. The number of ether oxygens (including phenoxy) is 1.